The second-order valence-electron chi connectivity index (χ2n) is 5.78. The molecule has 0 atom stereocenters. The third-order valence-corrected chi connectivity index (χ3v) is 3.69. The van der Waals surface area contributed by atoms with E-state index in [1.165, 1.54) is 0 Å². The molecule has 6 heteroatoms. The Balaban J connectivity index is 1.43. The third-order valence-electron chi connectivity index (χ3n) is 3.69. The fourth-order valence-electron chi connectivity index (χ4n) is 2.41. The van der Waals surface area contributed by atoms with Gasteiger partial charge < -0.3 is 19.0 Å². The Bertz CT molecular complexity index is 809. The average Bonchev–Trinajstić information content (AvgIpc) is 3.28. The van der Waals surface area contributed by atoms with Gasteiger partial charge in [-0.1, -0.05) is 12.1 Å². The van der Waals surface area contributed by atoms with E-state index in [0.29, 0.717) is 18.1 Å². The summed E-state index contributed by atoms with van der Waals surface area (Å²) >= 11 is 0. The number of carbonyl (C=O) groups is 1. The summed E-state index contributed by atoms with van der Waals surface area (Å²) in [5, 5.41) is 2.85. The summed E-state index contributed by atoms with van der Waals surface area (Å²) in [6.07, 6.45) is 6.22. The Morgan fingerprint density at radius 2 is 2.24 bits per heavy atom. The van der Waals surface area contributed by atoms with Crippen molar-refractivity contribution in [2.24, 2.45) is 0 Å². The molecule has 6 nitrogen and oxygen atoms in total. The van der Waals surface area contributed by atoms with Gasteiger partial charge in [-0.15, -0.1) is 0 Å². The maximum absolute atomic E-state index is 12.1. The van der Waals surface area contributed by atoms with Crippen LogP contribution >= 0.6 is 0 Å². The molecule has 0 aliphatic carbocycles. The number of aromatic nitrogens is 2. The van der Waals surface area contributed by atoms with Gasteiger partial charge in [-0.05, 0) is 43.2 Å². The number of furan rings is 1. The van der Waals surface area contributed by atoms with Crippen LogP contribution in [-0.4, -0.2) is 22.0 Å². The second kappa shape index (κ2) is 8.19. The number of amides is 1. The summed E-state index contributed by atoms with van der Waals surface area (Å²) in [5.74, 6) is 1.48. The first-order valence-corrected chi connectivity index (χ1v) is 8.23. The lowest BCUT2D eigenvalue weighted by Gasteiger charge is -2.05. The van der Waals surface area contributed by atoms with E-state index in [2.05, 4.69) is 10.3 Å². The minimum Gasteiger partial charge on any atom is -0.486 e. The standard InChI is InChI=1S/C19H21N3O3/c1-15-4-2-5-16(12-15)24-13-17-6-7-18(25-17)19(23)21-8-3-10-22-11-9-20-14-22/h2,4-7,9,11-12,14H,3,8,10,13H2,1H3,(H,21,23). The molecule has 0 fully saturated rings. The number of hydrogen-bond donors (Lipinski definition) is 1. The number of rotatable bonds is 8. The number of nitrogens with one attached hydrogen (secondary N) is 1. The van der Waals surface area contributed by atoms with Crippen LogP contribution < -0.4 is 10.1 Å². The van der Waals surface area contributed by atoms with Crippen molar-refractivity contribution in [3.8, 4) is 5.75 Å². The summed E-state index contributed by atoms with van der Waals surface area (Å²) < 4.78 is 13.2. The molecule has 0 radical (unpaired) electrons. The predicted molar refractivity (Wildman–Crippen MR) is 93.4 cm³/mol. The van der Waals surface area contributed by atoms with E-state index in [0.717, 1.165) is 24.3 Å². The van der Waals surface area contributed by atoms with Gasteiger partial charge in [0.1, 0.15) is 18.1 Å². The summed E-state index contributed by atoms with van der Waals surface area (Å²) in [6, 6.07) is 11.2. The largest absolute Gasteiger partial charge is 0.486 e. The molecule has 0 saturated heterocycles. The Morgan fingerprint density at radius 1 is 1.32 bits per heavy atom. The van der Waals surface area contributed by atoms with Crippen molar-refractivity contribution < 1.29 is 13.9 Å². The van der Waals surface area contributed by atoms with E-state index < -0.39 is 0 Å². The summed E-state index contributed by atoms with van der Waals surface area (Å²) in [5.41, 5.74) is 1.13. The molecule has 0 aliphatic rings. The fraction of sp³-hybridized carbons (Fsp3) is 0.263. The highest BCUT2D eigenvalue weighted by Crippen LogP contribution is 2.16. The predicted octanol–water partition coefficient (Wildman–Crippen LogP) is 3.18. The molecular formula is C19H21N3O3. The zero-order valence-electron chi connectivity index (χ0n) is 14.1. The van der Waals surface area contributed by atoms with E-state index in [1.807, 2.05) is 42.0 Å². The second-order valence-corrected chi connectivity index (χ2v) is 5.78. The molecule has 25 heavy (non-hydrogen) atoms. The summed E-state index contributed by atoms with van der Waals surface area (Å²) in [7, 11) is 0. The number of imidazole rings is 1. The molecule has 1 N–H and O–H groups in total. The Labute approximate surface area is 146 Å². The topological polar surface area (TPSA) is 69.3 Å². The molecule has 1 amide bonds. The highest BCUT2D eigenvalue weighted by molar-refractivity contribution is 5.91. The van der Waals surface area contributed by atoms with Crippen molar-refractivity contribution in [1.82, 2.24) is 14.9 Å². The van der Waals surface area contributed by atoms with Crippen LogP contribution in [0.15, 0.2) is 59.5 Å². The molecule has 3 rings (SSSR count). The summed E-state index contributed by atoms with van der Waals surface area (Å²) in [4.78, 5) is 16.1. The van der Waals surface area contributed by atoms with E-state index in [4.69, 9.17) is 9.15 Å². The molecule has 1 aromatic carbocycles. The lowest BCUT2D eigenvalue weighted by molar-refractivity contribution is 0.0921. The molecule has 0 aliphatic heterocycles. The number of aryl methyl sites for hydroxylation is 2. The van der Waals surface area contributed by atoms with E-state index in [1.54, 1.807) is 24.7 Å². The van der Waals surface area contributed by atoms with Gasteiger partial charge in [0.05, 0.1) is 6.33 Å². The highest BCUT2D eigenvalue weighted by atomic mass is 16.5. The molecule has 2 heterocycles. The van der Waals surface area contributed by atoms with Gasteiger partial charge in [0.15, 0.2) is 5.76 Å². The number of benzene rings is 1. The lowest BCUT2D eigenvalue weighted by atomic mass is 10.2. The molecule has 0 spiro atoms. The normalized spacial score (nSPS) is 10.6. The lowest BCUT2D eigenvalue weighted by Crippen LogP contribution is -2.24. The first kappa shape index (κ1) is 16.8. The molecule has 0 bridgehead atoms. The van der Waals surface area contributed by atoms with E-state index >= 15 is 0 Å². The van der Waals surface area contributed by atoms with Crippen LogP contribution in [0.1, 0.15) is 28.3 Å². The molecule has 2 aromatic heterocycles. The van der Waals surface area contributed by atoms with Crippen LogP contribution in [0.2, 0.25) is 0 Å². The van der Waals surface area contributed by atoms with E-state index in [-0.39, 0.29) is 12.5 Å². The van der Waals surface area contributed by atoms with Gasteiger partial charge in [0, 0.05) is 25.5 Å². The minimum atomic E-state index is -0.215. The zero-order valence-corrected chi connectivity index (χ0v) is 14.1. The van der Waals surface area contributed by atoms with Crippen LogP contribution in [-0.2, 0) is 13.2 Å². The maximum Gasteiger partial charge on any atom is 0.286 e. The highest BCUT2D eigenvalue weighted by Gasteiger charge is 2.11. The monoisotopic (exact) mass is 339 g/mol. The molecule has 3 aromatic rings. The van der Waals surface area contributed by atoms with Crippen molar-refractivity contribution in [2.45, 2.75) is 26.5 Å². The Hall–Kier alpha value is -3.02. The third kappa shape index (κ3) is 4.97. The quantitative estimate of drug-likeness (QED) is 0.640. The van der Waals surface area contributed by atoms with Gasteiger partial charge in [-0.25, -0.2) is 4.98 Å². The van der Waals surface area contributed by atoms with Gasteiger partial charge in [0.25, 0.3) is 5.91 Å². The van der Waals surface area contributed by atoms with Crippen molar-refractivity contribution in [3.63, 3.8) is 0 Å². The van der Waals surface area contributed by atoms with Crippen LogP contribution in [0.5, 0.6) is 5.75 Å². The van der Waals surface area contributed by atoms with Crippen molar-refractivity contribution in [3.05, 3.63) is 72.2 Å². The zero-order chi connectivity index (χ0) is 17.5. The Morgan fingerprint density at radius 3 is 3.04 bits per heavy atom. The number of carbonyl (C=O) groups excluding carboxylic acids is 1. The van der Waals surface area contributed by atoms with Gasteiger partial charge in [-0.2, -0.15) is 0 Å². The maximum atomic E-state index is 12.1. The molecule has 130 valence electrons. The van der Waals surface area contributed by atoms with Crippen molar-refractivity contribution in [1.29, 1.82) is 0 Å². The number of nitrogens with zero attached hydrogens (tertiary/aromatic N) is 2. The van der Waals surface area contributed by atoms with Crippen LogP contribution in [0.4, 0.5) is 0 Å². The van der Waals surface area contributed by atoms with Crippen LogP contribution in [0.25, 0.3) is 0 Å². The smallest absolute Gasteiger partial charge is 0.286 e. The summed E-state index contributed by atoms with van der Waals surface area (Å²) in [6.45, 7) is 3.69. The fourth-order valence-corrected chi connectivity index (χ4v) is 2.41. The van der Waals surface area contributed by atoms with Gasteiger partial charge in [0.2, 0.25) is 0 Å². The van der Waals surface area contributed by atoms with Crippen molar-refractivity contribution >= 4 is 5.91 Å². The first-order chi connectivity index (χ1) is 12.2. The number of ether oxygens (including phenoxy) is 1. The van der Waals surface area contributed by atoms with Crippen LogP contribution in [0, 0.1) is 6.92 Å². The van der Waals surface area contributed by atoms with Crippen LogP contribution in [0.3, 0.4) is 0 Å². The van der Waals surface area contributed by atoms with Gasteiger partial charge in [-0.3, -0.25) is 4.79 Å². The van der Waals surface area contributed by atoms with E-state index in [9.17, 15) is 4.79 Å². The molecular weight excluding hydrogens is 318 g/mol. The molecule has 0 saturated carbocycles. The molecule has 0 unspecified atom stereocenters. The SMILES string of the molecule is Cc1cccc(OCc2ccc(C(=O)NCCCn3ccnc3)o2)c1. The Kier molecular flexibility index (Phi) is 5.51. The minimum absolute atomic E-state index is 0.215. The first-order valence-electron chi connectivity index (χ1n) is 8.23. The van der Waals surface area contributed by atoms with Crippen molar-refractivity contribution in [2.75, 3.05) is 6.54 Å². The average molecular weight is 339 g/mol. The van der Waals surface area contributed by atoms with Gasteiger partial charge >= 0.3 is 0 Å². The number of hydrogen-bond acceptors (Lipinski definition) is 4.